The predicted molar refractivity (Wildman–Crippen MR) is 91.7 cm³/mol. The van der Waals surface area contributed by atoms with E-state index in [2.05, 4.69) is 49.1 Å². The Hall–Kier alpha value is -2.54. The number of hydrogen-bond acceptors (Lipinski definition) is 4. The highest BCUT2D eigenvalue weighted by molar-refractivity contribution is 6.27. The van der Waals surface area contributed by atoms with Gasteiger partial charge in [-0.3, -0.25) is 0 Å². The van der Waals surface area contributed by atoms with Gasteiger partial charge >= 0.3 is 11.9 Å². The molecule has 0 spiro atoms. The molecule has 0 fully saturated rings. The van der Waals surface area contributed by atoms with Crippen LogP contribution in [-0.4, -0.2) is 59.3 Å². The van der Waals surface area contributed by atoms with Crippen LogP contribution in [0.2, 0.25) is 0 Å². The summed E-state index contributed by atoms with van der Waals surface area (Å²) in [6.45, 7) is 6.43. The molecule has 24 heavy (non-hydrogen) atoms. The van der Waals surface area contributed by atoms with E-state index in [0.717, 1.165) is 25.3 Å². The number of aromatic amines is 1. The molecule has 0 aliphatic heterocycles. The number of ether oxygens (including phenoxy) is 1. The summed E-state index contributed by atoms with van der Waals surface area (Å²) in [6, 6.07) is 4.30. The maximum atomic E-state index is 9.10. The normalized spacial score (nSPS) is 10.4. The van der Waals surface area contributed by atoms with Crippen molar-refractivity contribution in [2.75, 3.05) is 27.2 Å². The minimum atomic E-state index is -1.82. The number of aromatic nitrogens is 1. The fourth-order valence-electron chi connectivity index (χ4n) is 2.21. The third-order valence-corrected chi connectivity index (χ3v) is 3.77. The molecular formula is C17H24N2O5. The van der Waals surface area contributed by atoms with E-state index in [0.29, 0.717) is 0 Å². The fourth-order valence-corrected chi connectivity index (χ4v) is 2.21. The van der Waals surface area contributed by atoms with Crippen molar-refractivity contribution in [3.63, 3.8) is 0 Å². The molecule has 3 N–H and O–H groups in total. The number of rotatable bonds is 5. The Morgan fingerprint density at radius 3 is 2.38 bits per heavy atom. The van der Waals surface area contributed by atoms with Gasteiger partial charge in [-0.25, -0.2) is 9.59 Å². The Bertz CT molecular complexity index is 696. The maximum Gasteiger partial charge on any atom is 0.414 e. The number of aryl methyl sites for hydroxylation is 1. The maximum absolute atomic E-state index is 9.10. The molecule has 0 amide bonds. The van der Waals surface area contributed by atoms with Crippen molar-refractivity contribution in [2.24, 2.45) is 0 Å². The van der Waals surface area contributed by atoms with E-state index in [4.69, 9.17) is 24.5 Å². The zero-order valence-electron chi connectivity index (χ0n) is 14.4. The first-order valence-corrected chi connectivity index (χ1v) is 7.59. The molecule has 0 aliphatic rings. The van der Waals surface area contributed by atoms with E-state index in [1.54, 1.807) is 7.11 Å². The van der Waals surface area contributed by atoms with E-state index >= 15 is 0 Å². The lowest BCUT2D eigenvalue weighted by Gasteiger charge is -2.13. The average molecular weight is 336 g/mol. The topological polar surface area (TPSA) is 103 Å². The zero-order valence-corrected chi connectivity index (χ0v) is 14.4. The Morgan fingerprint density at radius 1 is 1.25 bits per heavy atom. The van der Waals surface area contributed by atoms with E-state index in [1.165, 1.54) is 22.0 Å². The summed E-state index contributed by atoms with van der Waals surface area (Å²) < 4.78 is 5.40. The van der Waals surface area contributed by atoms with Gasteiger partial charge in [0.1, 0.15) is 5.75 Å². The fraction of sp³-hybridized carbons (Fsp3) is 0.412. The van der Waals surface area contributed by atoms with Gasteiger partial charge in [0.25, 0.3) is 0 Å². The number of hydrogen-bond donors (Lipinski definition) is 3. The highest BCUT2D eigenvalue weighted by Gasteiger charge is 2.08. The molecule has 0 bridgehead atoms. The van der Waals surface area contributed by atoms with Gasteiger partial charge in [0, 0.05) is 23.6 Å². The number of benzene rings is 1. The molecule has 1 heterocycles. The number of nitrogens with one attached hydrogen (secondary N) is 1. The molecule has 0 aliphatic carbocycles. The first-order valence-electron chi connectivity index (χ1n) is 7.59. The van der Waals surface area contributed by atoms with Crippen molar-refractivity contribution >= 4 is 22.8 Å². The van der Waals surface area contributed by atoms with Crippen LogP contribution in [0.3, 0.4) is 0 Å². The minimum Gasteiger partial charge on any atom is -0.496 e. The van der Waals surface area contributed by atoms with E-state index in [-0.39, 0.29) is 0 Å². The molecule has 0 saturated carbocycles. The number of carboxylic acid groups (broad SMARTS) is 2. The Labute approximate surface area is 140 Å². The number of carbonyl (C=O) groups is 2. The van der Waals surface area contributed by atoms with Gasteiger partial charge in [0.15, 0.2) is 0 Å². The molecule has 2 rings (SSSR count). The number of nitrogens with zero attached hydrogens (tertiary/aromatic N) is 1. The standard InChI is InChI=1S/C15H22N2O.C2H2O4/c1-5-17(3)7-6-12-10-16-14-8-11(2)15(18-4)9-13(12)14;3-1(4)2(5)6/h8-10,16H,5-7H2,1-4H3;(H,3,4)(H,5,6). The third kappa shape index (κ3) is 5.27. The first kappa shape index (κ1) is 19.5. The monoisotopic (exact) mass is 336 g/mol. The lowest BCUT2D eigenvalue weighted by Crippen LogP contribution is -2.20. The molecule has 132 valence electrons. The van der Waals surface area contributed by atoms with Crippen molar-refractivity contribution in [2.45, 2.75) is 20.3 Å². The van der Waals surface area contributed by atoms with Crippen molar-refractivity contribution in [1.82, 2.24) is 9.88 Å². The molecular weight excluding hydrogens is 312 g/mol. The summed E-state index contributed by atoms with van der Waals surface area (Å²) in [5.41, 5.74) is 3.73. The molecule has 1 aromatic carbocycles. The van der Waals surface area contributed by atoms with Crippen molar-refractivity contribution < 1.29 is 24.5 Å². The quantitative estimate of drug-likeness (QED) is 0.723. The zero-order chi connectivity index (χ0) is 18.3. The lowest BCUT2D eigenvalue weighted by atomic mass is 10.1. The van der Waals surface area contributed by atoms with Crippen LogP contribution >= 0.6 is 0 Å². The van der Waals surface area contributed by atoms with Gasteiger partial charge < -0.3 is 24.8 Å². The van der Waals surface area contributed by atoms with Gasteiger partial charge in [-0.1, -0.05) is 6.92 Å². The van der Waals surface area contributed by atoms with Crippen LogP contribution in [0.25, 0.3) is 10.9 Å². The molecule has 0 radical (unpaired) electrons. The summed E-state index contributed by atoms with van der Waals surface area (Å²) in [6.07, 6.45) is 3.18. The summed E-state index contributed by atoms with van der Waals surface area (Å²) >= 11 is 0. The molecule has 0 atom stereocenters. The lowest BCUT2D eigenvalue weighted by molar-refractivity contribution is -0.159. The number of methoxy groups -OCH3 is 1. The molecule has 0 unspecified atom stereocenters. The van der Waals surface area contributed by atoms with Gasteiger partial charge in [-0.2, -0.15) is 0 Å². The van der Waals surface area contributed by atoms with Crippen molar-refractivity contribution in [3.8, 4) is 5.75 Å². The number of H-pyrrole nitrogens is 1. The SMILES string of the molecule is CCN(C)CCc1c[nH]c2cc(C)c(OC)cc12.O=C(O)C(=O)O. The Kier molecular flexibility index (Phi) is 7.26. The van der Waals surface area contributed by atoms with Crippen molar-refractivity contribution in [1.29, 1.82) is 0 Å². The van der Waals surface area contributed by atoms with Crippen LogP contribution in [0.15, 0.2) is 18.3 Å². The molecule has 7 nitrogen and oxygen atoms in total. The minimum absolute atomic E-state index is 0.965. The third-order valence-electron chi connectivity index (χ3n) is 3.77. The van der Waals surface area contributed by atoms with Crippen LogP contribution < -0.4 is 4.74 Å². The molecule has 7 heteroatoms. The summed E-state index contributed by atoms with van der Waals surface area (Å²) in [5.74, 6) is -2.68. The largest absolute Gasteiger partial charge is 0.496 e. The molecule has 1 aromatic heterocycles. The van der Waals surface area contributed by atoms with E-state index < -0.39 is 11.9 Å². The predicted octanol–water partition coefficient (Wildman–Crippen LogP) is 2.13. The van der Waals surface area contributed by atoms with Crippen molar-refractivity contribution in [3.05, 3.63) is 29.5 Å². The van der Waals surface area contributed by atoms with Crippen LogP contribution in [-0.2, 0) is 16.0 Å². The van der Waals surface area contributed by atoms with Gasteiger partial charge in [0.2, 0.25) is 0 Å². The summed E-state index contributed by atoms with van der Waals surface area (Å²) in [5, 5.41) is 16.1. The summed E-state index contributed by atoms with van der Waals surface area (Å²) in [4.78, 5) is 23.9. The number of aliphatic carboxylic acids is 2. The highest BCUT2D eigenvalue weighted by atomic mass is 16.5. The second kappa shape index (κ2) is 8.93. The first-order chi connectivity index (χ1) is 11.3. The number of likely N-dealkylation sites (N-methyl/N-ethyl adjacent to an activating group) is 1. The van der Waals surface area contributed by atoms with E-state index in [1.807, 2.05) is 0 Å². The van der Waals surface area contributed by atoms with Crippen LogP contribution in [0, 0.1) is 6.92 Å². The van der Waals surface area contributed by atoms with E-state index in [9.17, 15) is 0 Å². The highest BCUT2D eigenvalue weighted by Crippen LogP contribution is 2.27. The van der Waals surface area contributed by atoms with Crippen LogP contribution in [0.1, 0.15) is 18.1 Å². The average Bonchev–Trinajstić information content (AvgIpc) is 2.93. The smallest absolute Gasteiger partial charge is 0.414 e. The Morgan fingerprint density at radius 2 is 1.88 bits per heavy atom. The van der Waals surface area contributed by atoms with Gasteiger partial charge in [-0.15, -0.1) is 0 Å². The number of fused-ring (bicyclic) bond motifs is 1. The summed E-state index contributed by atoms with van der Waals surface area (Å²) in [7, 11) is 3.88. The van der Waals surface area contributed by atoms with Crippen LogP contribution in [0.4, 0.5) is 0 Å². The number of carboxylic acids is 2. The molecule has 2 aromatic rings. The molecule has 0 saturated heterocycles. The second-order valence-electron chi connectivity index (χ2n) is 5.44. The second-order valence-corrected chi connectivity index (χ2v) is 5.44. The van der Waals surface area contributed by atoms with Gasteiger partial charge in [-0.05, 0) is 50.2 Å². The van der Waals surface area contributed by atoms with Crippen LogP contribution in [0.5, 0.6) is 5.75 Å². The van der Waals surface area contributed by atoms with Gasteiger partial charge in [0.05, 0.1) is 7.11 Å². The Balaban J connectivity index is 0.000000413.